The first-order valence-electron chi connectivity index (χ1n) is 6.60. The van der Waals surface area contributed by atoms with Crippen LogP contribution in [0, 0.1) is 0 Å². The quantitative estimate of drug-likeness (QED) is 0.796. The molecule has 3 N–H and O–H groups in total. The highest BCUT2D eigenvalue weighted by molar-refractivity contribution is 6.31. The third-order valence-corrected chi connectivity index (χ3v) is 3.51. The summed E-state index contributed by atoms with van der Waals surface area (Å²) >= 11 is 6.05. The van der Waals surface area contributed by atoms with Gasteiger partial charge in [-0.05, 0) is 29.8 Å². The Bertz CT molecular complexity index is 606. The zero-order valence-corrected chi connectivity index (χ0v) is 12.4. The van der Waals surface area contributed by atoms with Gasteiger partial charge in [0.05, 0.1) is 6.42 Å². The Morgan fingerprint density at radius 2 is 1.90 bits per heavy atom. The Morgan fingerprint density at radius 3 is 2.52 bits per heavy atom. The van der Waals surface area contributed by atoms with Gasteiger partial charge in [0.25, 0.3) is 0 Å². The second-order valence-electron chi connectivity index (χ2n) is 4.64. The number of rotatable bonds is 5. The fraction of sp³-hybridized carbons (Fsp3) is 0.188. The van der Waals surface area contributed by atoms with Crippen molar-refractivity contribution in [3.05, 3.63) is 58.6 Å². The molecule has 0 saturated carbocycles. The number of phenols is 1. The van der Waals surface area contributed by atoms with E-state index in [-0.39, 0.29) is 11.7 Å². The average molecular weight is 305 g/mol. The van der Waals surface area contributed by atoms with Crippen LogP contribution in [0.5, 0.6) is 5.75 Å². The Morgan fingerprint density at radius 1 is 1.19 bits per heavy atom. The van der Waals surface area contributed by atoms with Crippen LogP contribution in [-0.2, 0) is 17.8 Å². The largest absolute Gasteiger partial charge is 0.508 e. The second kappa shape index (κ2) is 6.99. The summed E-state index contributed by atoms with van der Waals surface area (Å²) in [7, 11) is 1.62. The minimum Gasteiger partial charge on any atom is -0.508 e. The minimum atomic E-state index is -0.0169. The molecule has 0 radical (unpaired) electrons. The smallest absolute Gasteiger partial charge is 0.224 e. The van der Waals surface area contributed by atoms with Crippen molar-refractivity contribution < 1.29 is 9.90 Å². The molecule has 2 aromatic rings. The molecule has 5 heteroatoms. The third-order valence-electron chi connectivity index (χ3n) is 3.16. The van der Waals surface area contributed by atoms with Gasteiger partial charge in [0, 0.05) is 29.9 Å². The maximum Gasteiger partial charge on any atom is 0.224 e. The molecule has 0 fully saturated rings. The summed E-state index contributed by atoms with van der Waals surface area (Å²) in [6.45, 7) is 0.431. The number of hydrogen-bond acceptors (Lipinski definition) is 3. The van der Waals surface area contributed by atoms with Crippen LogP contribution in [-0.4, -0.2) is 18.1 Å². The Balaban J connectivity index is 1.99. The van der Waals surface area contributed by atoms with Crippen LogP contribution in [0.1, 0.15) is 11.1 Å². The lowest BCUT2D eigenvalue weighted by molar-refractivity contribution is -0.119. The first kappa shape index (κ1) is 15.2. The topological polar surface area (TPSA) is 61.4 Å². The lowest BCUT2D eigenvalue weighted by Gasteiger charge is -2.10. The number of benzene rings is 2. The van der Waals surface area contributed by atoms with Crippen molar-refractivity contribution in [2.24, 2.45) is 0 Å². The molecule has 2 aromatic carbocycles. The van der Waals surface area contributed by atoms with Gasteiger partial charge < -0.3 is 15.7 Å². The summed E-state index contributed by atoms with van der Waals surface area (Å²) < 4.78 is 0. The van der Waals surface area contributed by atoms with Gasteiger partial charge >= 0.3 is 0 Å². The minimum absolute atomic E-state index is 0.0169. The van der Waals surface area contributed by atoms with E-state index in [1.807, 2.05) is 24.3 Å². The predicted octanol–water partition coefficient (Wildman–Crippen LogP) is 2.95. The van der Waals surface area contributed by atoms with Crippen LogP contribution >= 0.6 is 11.6 Å². The molecule has 4 nitrogen and oxygen atoms in total. The average Bonchev–Trinajstić information content (AvgIpc) is 2.48. The lowest BCUT2D eigenvalue weighted by atomic mass is 10.1. The monoisotopic (exact) mass is 304 g/mol. The van der Waals surface area contributed by atoms with E-state index in [1.165, 1.54) is 0 Å². The van der Waals surface area contributed by atoms with Crippen molar-refractivity contribution >= 4 is 23.2 Å². The summed E-state index contributed by atoms with van der Waals surface area (Å²) in [5.74, 6) is 0.155. The molecule has 0 saturated heterocycles. The summed E-state index contributed by atoms with van der Waals surface area (Å²) in [6.07, 6.45) is 0.363. The highest BCUT2D eigenvalue weighted by Crippen LogP contribution is 2.26. The molecule has 0 aliphatic rings. The highest BCUT2D eigenvalue weighted by atomic mass is 35.5. The molecule has 0 aliphatic heterocycles. The van der Waals surface area contributed by atoms with Gasteiger partial charge in [0.2, 0.25) is 5.91 Å². The van der Waals surface area contributed by atoms with E-state index in [9.17, 15) is 9.90 Å². The van der Waals surface area contributed by atoms with Gasteiger partial charge in [0.1, 0.15) is 5.75 Å². The fourth-order valence-electron chi connectivity index (χ4n) is 1.93. The standard InChI is InChI=1S/C16H17ClN2O2/c1-18-16(21)9-11-5-7-12(8-6-11)19-10-13-14(17)3-2-4-15(13)20/h2-8,19-20H,9-10H2,1H3,(H,18,21). The van der Waals surface area contributed by atoms with Crippen molar-refractivity contribution in [1.82, 2.24) is 5.32 Å². The van der Waals surface area contributed by atoms with E-state index >= 15 is 0 Å². The third kappa shape index (κ3) is 4.13. The molecular formula is C16H17ClN2O2. The van der Waals surface area contributed by atoms with Crippen molar-refractivity contribution in [2.45, 2.75) is 13.0 Å². The van der Waals surface area contributed by atoms with Gasteiger partial charge in [-0.3, -0.25) is 4.79 Å². The fourth-order valence-corrected chi connectivity index (χ4v) is 2.16. The lowest BCUT2D eigenvalue weighted by Crippen LogP contribution is -2.19. The number of carbonyl (C=O) groups is 1. The molecule has 2 rings (SSSR count). The van der Waals surface area contributed by atoms with Crippen molar-refractivity contribution in [3.63, 3.8) is 0 Å². The molecular weight excluding hydrogens is 288 g/mol. The molecule has 0 aromatic heterocycles. The zero-order chi connectivity index (χ0) is 15.2. The zero-order valence-electron chi connectivity index (χ0n) is 11.7. The number of anilines is 1. The number of hydrogen-bond donors (Lipinski definition) is 3. The molecule has 0 spiro atoms. The predicted molar refractivity (Wildman–Crippen MR) is 84.7 cm³/mol. The van der Waals surface area contributed by atoms with Crippen LogP contribution in [0.3, 0.4) is 0 Å². The van der Waals surface area contributed by atoms with E-state index < -0.39 is 0 Å². The summed E-state index contributed by atoms with van der Waals surface area (Å²) in [4.78, 5) is 11.3. The van der Waals surface area contributed by atoms with Crippen LogP contribution in [0.2, 0.25) is 5.02 Å². The van der Waals surface area contributed by atoms with Crippen LogP contribution in [0.25, 0.3) is 0 Å². The molecule has 21 heavy (non-hydrogen) atoms. The number of aromatic hydroxyl groups is 1. The molecule has 0 unspecified atom stereocenters. The van der Waals surface area contributed by atoms with E-state index in [1.54, 1.807) is 25.2 Å². The van der Waals surface area contributed by atoms with Gasteiger partial charge in [-0.25, -0.2) is 0 Å². The van der Waals surface area contributed by atoms with Gasteiger partial charge in [0.15, 0.2) is 0 Å². The van der Waals surface area contributed by atoms with Crippen LogP contribution in [0.4, 0.5) is 5.69 Å². The Kier molecular flexibility index (Phi) is 5.06. The van der Waals surface area contributed by atoms with E-state index in [2.05, 4.69) is 10.6 Å². The maximum atomic E-state index is 11.3. The SMILES string of the molecule is CNC(=O)Cc1ccc(NCc2c(O)cccc2Cl)cc1. The molecule has 0 heterocycles. The van der Waals surface area contributed by atoms with Crippen molar-refractivity contribution in [1.29, 1.82) is 0 Å². The first-order chi connectivity index (χ1) is 10.1. The van der Waals surface area contributed by atoms with E-state index in [0.29, 0.717) is 23.6 Å². The summed E-state index contributed by atoms with van der Waals surface area (Å²) in [5, 5.41) is 16.1. The second-order valence-corrected chi connectivity index (χ2v) is 5.05. The van der Waals surface area contributed by atoms with E-state index in [0.717, 1.165) is 11.3 Å². The van der Waals surface area contributed by atoms with Gasteiger partial charge in [-0.1, -0.05) is 29.8 Å². The van der Waals surface area contributed by atoms with Crippen molar-refractivity contribution in [3.8, 4) is 5.75 Å². The molecule has 1 amide bonds. The number of likely N-dealkylation sites (N-methyl/N-ethyl adjacent to an activating group) is 1. The van der Waals surface area contributed by atoms with E-state index in [4.69, 9.17) is 11.6 Å². The van der Waals surface area contributed by atoms with Crippen LogP contribution in [0.15, 0.2) is 42.5 Å². The first-order valence-corrected chi connectivity index (χ1v) is 6.97. The molecule has 110 valence electrons. The molecule has 0 aliphatic carbocycles. The number of phenolic OH excluding ortho intramolecular Hbond substituents is 1. The molecule has 0 bridgehead atoms. The van der Waals surface area contributed by atoms with Crippen LogP contribution < -0.4 is 10.6 Å². The number of amides is 1. The normalized spacial score (nSPS) is 10.2. The molecule has 0 atom stereocenters. The summed E-state index contributed by atoms with van der Waals surface area (Å²) in [6, 6.07) is 12.6. The summed E-state index contributed by atoms with van der Waals surface area (Å²) in [5.41, 5.74) is 2.50. The van der Waals surface area contributed by atoms with Gasteiger partial charge in [-0.2, -0.15) is 0 Å². The highest BCUT2D eigenvalue weighted by Gasteiger charge is 2.06. The maximum absolute atomic E-state index is 11.3. The number of halogens is 1. The van der Waals surface area contributed by atoms with Crippen molar-refractivity contribution in [2.75, 3.05) is 12.4 Å². The van der Waals surface area contributed by atoms with Gasteiger partial charge in [-0.15, -0.1) is 0 Å². The Labute approximate surface area is 128 Å². The Hall–Kier alpha value is -2.20. The number of carbonyl (C=O) groups excluding carboxylic acids is 1. The number of nitrogens with one attached hydrogen (secondary N) is 2.